The standard InChI is InChI=1S/C11H23NO4/c1-8(2)12-10(11(13)14)7-15-5-6-16-9(3)4/h8-10,12H,5-7H2,1-4H3,(H,13,14). The van der Waals surface area contributed by atoms with Gasteiger partial charge in [-0.2, -0.15) is 0 Å². The molecule has 2 N–H and O–H groups in total. The summed E-state index contributed by atoms with van der Waals surface area (Å²) < 4.78 is 10.5. The van der Waals surface area contributed by atoms with E-state index >= 15 is 0 Å². The van der Waals surface area contributed by atoms with Gasteiger partial charge in [0.05, 0.1) is 25.9 Å². The van der Waals surface area contributed by atoms with E-state index in [4.69, 9.17) is 14.6 Å². The molecule has 16 heavy (non-hydrogen) atoms. The molecule has 0 heterocycles. The Morgan fingerprint density at radius 2 is 1.88 bits per heavy atom. The topological polar surface area (TPSA) is 67.8 Å². The van der Waals surface area contributed by atoms with Crippen LogP contribution in [0.2, 0.25) is 0 Å². The fourth-order valence-electron chi connectivity index (χ4n) is 1.14. The summed E-state index contributed by atoms with van der Waals surface area (Å²) in [6.07, 6.45) is 0.174. The van der Waals surface area contributed by atoms with E-state index < -0.39 is 12.0 Å². The van der Waals surface area contributed by atoms with Gasteiger partial charge in [-0.15, -0.1) is 0 Å². The van der Waals surface area contributed by atoms with E-state index in [2.05, 4.69) is 5.32 Å². The van der Waals surface area contributed by atoms with Crippen molar-refractivity contribution in [2.24, 2.45) is 0 Å². The third-order valence-electron chi connectivity index (χ3n) is 1.80. The van der Waals surface area contributed by atoms with Crippen molar-refractivity contribution in [2.45, 2.75) is 45.9 Å². The Hall–Kier alpha value is -0.650. The first-order valence-electron chi connectivity index (χ1n) is 5.61. The highest BCUT2D eigenvalue weighted by atomic mass is 16.5. The lowest BCUT2D eigenvalue weighted by Crippen LogP contribution is -2.44. The molecule has 1 atom stereocenters. The number of nitrogens with one attached hydrogen (secondary N) is 1. The van der Waals surface area contributed by atoms with Gasteiger partial charge in [0.2, 0.25) is 0 Å². The minimum absolute atomic E-state index is 0.122. The van der Waals surface area contributed by atoms with Crippen LogP contribution >= 0.6 is 0 Å². The van der Waals surface area contributed by atoms with Crippen molar-refractivity contribution in [2.75, 3.05) is 19.8 Å². The molecular weight excluding hydrogens is 210 g/mol. The molecule has 0 aliphatic rings. The molecule has 0 aliphatic carbocycles. The smallest absolute Gasteiger partial charge is 0.323 e. The number of rotatable bonds is 9. The van der Waals surface area contributed by atoms with Gasteiger partial charge in [0.1, 0.15) is 6.04 Å². The van der Waals surface area contributed by atoms with Crippen LogP contribution in [0.4, 0.5) is 0 Å². The molecule has 0 bridgehead atoms. The molecule has 5 nitrogen and oxygen atoms in total. The Labute approximate surface area is 97.1 Å². The monoisotopic (exact) mass is 233 g/mol. The largest absolute Gasteiger partial charge is 0.480 e. The maximum atomic E-state index is 10.8. The van der Waals surface area contributed by atoms with Crippen LogP contribution in [-0.2, 0) is 14.3 Å². The number of carboxylic acid groups (broad SMARTS) is 1. The summed E-state index contributed by atoms with van der Waals surface area (Å²) in [5, 5.41) is 11.8. The van der Waals surface area contributed by atoms with E-state index in [1.54, 1.807) is 0 Å². The summed E-state index contributed by atoms with van der Waals surface area (Å²) in [6.45, 7) is 8.76. The van der Waals surface area contributed by atoms with Gasteiger partial charge in [0, 0.05) is 6.04 Å². The van der Waals surface area contributed by atoms with E-state index in [9.17, 15) is 4.79 Å². The molecule has 5 heteroatoms. The molecule has 0 aromatic carbocycles. The summed E-state index contributed by atoms with van der Waals surface area (Å²) in [5.74, 6) is -0.890. The maximum Gasteiger partial charge on any atom is 0.323 e. The van der Waals surface area contributed by atoms with Crippen LogP contribution in [0.3, 0.4) is 0 Å². The molecule has 0 saturated heterocycles. The summed E-state index contributed by atoms with van der Waals surface area (Å²) in [4.78, 5) is 10.8. The Morgan fingerprint density at radius 3 is 2.31 bits per heavy atom. The van der Waals surface area contributed by atoms with E-state index in [0.717, 1.165) is 0 Å². The van der Waals surface area contributed by atoms with Crippen LogP contribution in [0.5, 0.6) is 0 Å². The first-order chi connectivity index (χ1) is 7.43. The average molecular weight is 233 g/mol. The minimum atomic E-state index is -0.890. The van der Waals surface area contributed by atoms with Crippen LogP contribution in [0.15, 0.2) is 0 Å². The van der Waals surface area contributed by atoms with E-state index in [1.165, 1.54) is 0 Å². The third kappa shape index (κ3) is 8.64. The van der Waals surface area contributed by atoms with Crippen molar-refractivity contribution in [1.29, 1.82) is 0 Å². The first-order valence-corrected chi connectivity index (χ1v) is 5.61. The highest BCUT2D eigenvalue weighted by Gasteiger charge is 2.17. The van der Waals surface area contributed by atoms with Gasteiger partial charge in [-0.25, -0.2) is 0 Å². The predicted molar refractivity (Wildman–Crippen MR) is 61.6 cm³/mol. The summed E-state index contributed by atoms with van der Waals surface area (Å²) >= 11 is 0. The van der Waals surface area contributed by atoms with Gasteiger partial charge in [0.25, 0.3) is 0 Å². The first kappa shape index (κ1) is 15.3. The number of hydrogen-bond donors (Lipinski definition) is 2. The summed E-state index contributed by atoms with van der Waals surface area (Å²) in [6, 6.07) is -0.532. The molecule has 0 radical (unpaired) electrons. The van der Waals surface area contributed by atoms with Gasteiger partial charge in [-0.3, -0.25) is 4.79 Å². The second-order valence-electron chi connectivity index (χ2n) is 4.21. The Bertz CT molecular complexity index is 194. The van der Waals surface area contributed by atoms with Crippen LogP contribution in [0.25, 0.3) is 0 Å². The number of carboxylic acids is 1. The van der Waals surface area contributed by atoms with Gasteiger partial charge in [-0.05, 0) is 13.8 Å². The number of aliphatic carboxylic acids is 1. The molecule has 0 aromatic rings. The van der Waals surface area contributed by atoms with Crippen molar-refractivity contribution in [3.8, 4) is 0 Å². The molecule has 0 rings (SSSR count). The molecule has 0 aromatic heterocycles. The molecule has 0 aliphatic heterocycles. The molecule has 96 valence electrons. The minimum Gasteiger partial charge on any atom is -0.480 e. The number of hydrogen-bond acceptors (Lipinski definition) is 4. The normalized spacial score (nSPS) is 13.4. The van der Waals surface area contributed by atoms with E-state index in [1.807, 2.05) is 27.7 Å². The zero-order valence-corrected chi connectivity index (χ0v) is 10.5. The molecule has 1 unspecified atom stereocenters. The Morgan fingerprint density at radius 1 is 1.25 bits per heavy atom. The lowest BCUT2D eigenvalue weighted by atomic mass is 10.2. The second-order valence-corrected chi connectivity index (χ2v) is 4.21. The Kier molecular flexibility index (Phi) is 8.15. The van der Waals surface area contributed by atoms with Gasteiger partial charge in [-0.1, -0.05) is 13.8 Å². The number of carbonyl (C=O) groups is 1. The van der Waals surface area contributed by atoms with Crippen molar-refractivity contribution in [1.82, 2.24) is 5.32 Å². The summed E-state index contributed by atoms with van der Waals surface area (Å²) in [7, 11) is 0. The van der Waals surface area contributed by atoms with Gasteiger partial charge < -0.3 is 19.9 Å². The van der Waals surface area contributed by atoms with E-state index in [-0.39, 0.29) is 18.8 Å². The van der Waals surface area contributed by atoms with Crippen molar-refractivity contribution < 1.29 is 19.4 Å². The maximum absolute atomic E-state index is 10.8. The zero-order valence-electron chi connectivity index (χ0n) is 10.5. The molecule has 0 saturated carbocycles. The highest BCUT2D eigenvalue weighted by Crippen LogP contribution is 1.92. The highest BCUT2D eigenvalue weighted by molar-refractivity contribution is 5.73. The number of ether oxygens (including phenoxy) is 2. The molecular formula is C11H23NO4. The second kappa shape index (κ2) is 8.50. The lowest BCUT2D eigenvalue weighted by Gasteiger charge is -2.17. The van der Waals surface area contributed by atoms with Crippen LogP contribution in [0, 0.1) is 0 Å². The quantitative estimate of drug-likeness (QED) is 0.579. The lowest BCUT2D eigenvalue weighted by molar-refractivity contribution is -0.141. The fraction of sp³-hybridized carbons (Fsp3) is 0.909. The Balaban J connectivity index is 3.64. The summed E-state index contributed by atoms with van der Waals surface area (Å²) in [5.41, 5.74) is 0. The van der Waals surface area contributed by atoms with Gasteiger partial charge >= 0.3 is 5.97 Å². The van der Waals surface area contributed by atoms with Crippen LogP contribution in [-0.4, -0.2) is 49.1 Å². The van der Waals surface area contributed by atoms with Crippen molar-refractivity contribution in [3.05, 3.63) is 0 Å². The third-order valence-corrected chi connectivity index (χ3v) is 1.80. The van der Waals surface area contributed by atoms with Crippen molar-refractivity contribution >= 4 is 5.97 Å². The van der Waals surface area contributed by atoms with Crippen LogP contribution < -0.4 is 5.32 Å². The fourth-order valence-corrected chi connectivity index (χ4v) is 1.14. The molecule has 0 amide bonds. The van der Waals surface area contributed by atoms with E-state index in [0.29, 0.717) is 13.2 Å². The van der Waals surface area contributed by atoms with Crippen molar-refractivity contribution in [3.63, 3.8) is 0 Å². The zero-order chi connectivity index (χ0) is 12.6. The molecule has 0 spiro atoms. The molecule has 0 fully saturated rings. The SMILES string of the molecule is CC(C)NC(COCCOC(C)C)C(=O)O. The van der Waals surface area contributed by atoms with Crippen LogP contribution in [0.1, 0.15) is 27.7 Å². The predicted octanol–water partition coefficient (Wildman–Crippen LogP) is 0.879. The van der Waals surface area contributed by atoms with Gasteiger partial charge in [0.15, 0.2) is 0 Å². The average Bonchev–Trinajstić information content (AvgIpc) is 2.14.